The lowest BCUT2D eigenvalue weighted by Crippen LogP contribution is -2.44. The predicted octanol–water partition coefficient (Wildman–Crippen LogP) is 3.43. The number of hydrogen-bond acceptors (Lipinski definition) is 7. The number of rotatable bonds is 6. The molecule has 0 aliphatic carbocycles. The van der Waals surface area contributed by atoms with Crippen LogP contribution in [-0.2, 0) is 9.53 Å². The van der Waals surface area contributed by atoms with Crippen LogP contribution in [-0.4, -0.2) is 56.0 Å². The molecule has 2 heterocycles. The van der Waals surface area contributed by atoms with Crippen molar-refractivity contribution in [2.75, 3.05) is 33.7 Å². The summed E-state index contributed by atoms with van der Waals surface area (Å²) in [5.41, 5.74) is 2.01. The van der Waals surface area contributed by atoms with Crippen molar-refractivity contribution in [2.45, 2.75) is 12.0 Å². The normalized spacial score (nSPS) is 16.8. The summed E-state index contributed by atoms with van der Waals surface area (Å²) >= 11 is 0. The summed E-state index contributed by atoms with van der Waals surface area (Å²) < 4.78 is 15.7. The smallest absolute Gasteiger partial charge is 0.339 e. The second-order valence-electron chi connectivity index (χ2n) is 7.95. The highest BCUT2D eigenvalue weighted by Gasteiger charge is 2.44. The van der Waals surface area contributed by atoms with Crippen LogP contribution in [0.2, 0.25) is 0 Å². The molecule has 0 saturated carbocycles. The molecule has 4 rings (SSSR count). The Balaban J connectivity index is 1.88. The zero-order valence-electron chi connectivity index (χ0n) is 19.8. The lowest BCUT2D eigenvalue weighted by molar-refractivity contribution is -0.119. The molecular weight excluding hydrogens is 450 g/mol. The molecule has 0 radical (unpaired) electrons. The average molecular weight is 476 g/mol. The number of nitrogens with zero attached hydrogens (tertiary/aromatic N) is 2. The highest BCUT2D eigenvalue weighted by molar-refractivity contribution is 6.07. The number of anilines is 1. The van der Waals surface area contributed by atoms with Gasteiger partial charge in [0.05, 0.1) is 44.5 Å². The molecule has 35 heavy (non-hydrogen) atoms. The van der Waals surface area contributed by atoms with E-state index in [2.05, 4.69) is 10.3 Å². The number of pyridine rings is 1. The van der Waals surface area contributed by atoms with Crippen LogP contribution in [0.15, 0.2) is 60.9 Å². The van der Waals surface area contributed by atoms with Crippen molar-refractivity contribution in [1.29, 1.82) is 0 Å². The van der Waals surface area contributed by atoms with Gasteiger partial charge in [-0.25, -0.2) is 4.79 Å². The van der Waals surface area contributed by atoms with Gasteiger partial charge < -0.3 is 24.4 Å². The van der Waals surface area contributed by atoms with Gasteiger partial charge in [0.2, 0.25) is 5.91 Å². The van der Waals surface area contributed by atoms with Gasteiger partial charge >= 0.3 is 5.97 Å². The molecule has 1 aromatic heterocycles. The number of nitrogens with one attached hydrogen (secondary N) is 1. The number of fused-ring (bicyclic) bond motifs is 1. The Labute approximate surface area is 202 Å². The number of carbonyl (C=O) groups is 3. The summed E-state index contributed by atoms with van der Waals surface area (Å²) in [7, 11) is 5.88. The van der Waals surface area contributed by atoms with Crippen molar-refractivity contribution in [3.63, 3.8) is 0 Å². The number of methoxy groups -OCH3 is 3. The van der Waals surface area contributed by atoms with Gasteiger partial charge in [-0.2, -0.15) is 0 Å². The van der Waals surface area contributed by atoms with Crippen molar-refractivity contribution < 1.29 is 28.6 Å². The maximum atomic E-state index is 13.9. The van der Waals surface area contributed by atoms with Gasteiger partial charge in [0.15, 0.2) is 11.5 Å². The minimum absolute atomic E-state index is 0.217. The Bertz CT molecular complexity index is 1280. The van der Waals surface area contributed by atoms with Crippen LogP contribution in [0.5, 0.6) is 11.5 Å². The molecule has 0 bridgehead atoms. The first-order chi connectivity index (χ1) is 16.9. The number of aromatic nitrogens is 1. The SMILES string of the molecule is COC(=O)c1ccccc1NC(=O)[C@H]1c2cc(OC)c(OC)cc2C(=O)N(C)[C@@H]1c1cccnc1. The number of esters is 1. The average Bonchev–Trinajstić information content (AvgIpc) is 2.90. The van der Waals surface area contributed by atoms with Crippen molar-refractivity contribution in [1.82, 2.24) is 9.88 Å². The lowest BCUT2D eigenvalue weighted by Gasteiger charge is -2.40. The van der Waals surface area contributed by atoms with Gasteiger partial charge in [0.25, 0.3) is 5.91 Å². The van der Waals surface area contributed by atoms with Crippen LogP contribution in [0.3, 0.4) is 0 Å². The Morgan fingerprint density at radius 3 is 2.37 bits per heavy atom. The summed E-state index contributed by atoms with van der Waals surface area (Å²) in [6.07, 6.45) is 3.25. The number of hydrogen-bond donors (Lipinski definition) is 1. The highest BCUT2D eigenvalue weighted by Crippen LogP contribution is 2.45. The quantitative estimate of drug-likeness (QED) is 0.544. The fourth-order valence-electron chi connectivity index (χ4n) is 4.39. The van der Waals surface area contributed by atoms with Gasteiger partial charge in [-0.1, -0.05) is 18.2 Å². The molecule has 1 aliphatic rings. The molecule has 2 atom stereocenters. The topological polar surface area (TPSA) is 107 Å². The number of carbonyl (C=O) groups excluding carboxylic acids is 3. The van der Waals surface area contributed by atoms with E-state index in [4.69, 9.17) is 14.2 Å². The van der Waals surface area contributed by atoms with Crippen molar-refractivity contribution >= 4 is 23.5 Å². The molecule has 1 N–H and O–H groups in total. The van der Waals surface area contributed by atoms with Gasteiger partial charge in [-0.05, 0) is 41.5 Å². The molecule has 3 aromatic rings. The molecule has 2 aromatic carbocycles. The Morgan fingerprint density at radius 1 is 1.00 bits per heavy atom. The summed E-state index contributed by atoms with van der Waals surface area (Å²) in [6.45, 7) is 0. The van der Waals surface area contributed by atoms with E-state index in [1.807, 2.05) is 6.07 Å². The fraction of sp³-hybridized carbons (Fsp3) is 0.231. The lowest BCUT2D eigenvalue weighted by atomic mass is 9.79. The summed E-state index contributed by atoms with van der Waals surface area (Å²) in [4.78, 5) is 45.2. The van der Waals surface area contributed by atoms with E-state index >= 15 is 0 Å². The third-order valence-corrected chi connectivity index (χ3v) is 6.07. The van der Waals surface area contributed by atoms with Gasteiger partial charge in [-0.15, -0.1) is 0 Å². The van der Waals surface area contributed by atoms with E-state index in [9.17, 15) is 14.4 Å². The second-order valence-corrected chi connectivity index (χ2v) is 7.95. The molecule has 9 nitrogen and oxygen atoms in total. The van der Waals surface area contributed by atoms with E-state index in [0.717, 1.165) is 0 Å². The van der Waals surface area contributed by atoms with Crippen molar-refractivity contribution in [3.8, 4) is 11.5 Å². The minimum atomic E-state index is -0.845. The molecule has 0 fully saturated rings. The van der Waals surface area contributed by atoms with Crippen molar-refractivity contribution in [2.24, 2.45) is 0 Å². The molecule has 1 aliphatic heterocycles. The Morgan fingerprint density at radius 2 is 1.71 bits per heavy atom. The van der Waals surface area contributed by atoms with Gasteiger partial charge in [-0.3, -0.25) is 14.6 Å². The largest absolute Gasteiger partial charge is 0.493 e. The van der Waals surface area contributed by atoms with Crippen LogP contribution < -0.4 is 14.8 Å². The summed E-state index contributed by atoms with van der Waals surface area (Å²) in [6, 6.07) is 12.7. The zero-order chi connectivity index (χ0) is 25.1. The number of amides is 2. The highest BCUT2D eigenvalue weighted by atomic mass is 16.5. The number of ether oxygens (including phenoxy) is 3. The van der Waals surface area contributed by atoms with E-state index < -0.39 is 23.8 Å². The second kappa shape index (κ2) is 9.84. The number of para-hydroxylation sites is 1. The molecule has 180 valence electrons. The van der Waals surface area contributed by atoms with Crippen LogP contribution in [0.25, 0.3) is 0 Å². The molecule has 0 saturated heterocycles. The van der Waals surface area contributed by atoms with Crippen LogP contribution >= 0.6 is 0 Å². The van der Waals surface area contributed by atoms with Crippen LogP contribution in [0.4, 0.5) is 5.69 Å². The maximum absolute atomic E-state index is 13.9. The first-order valence-electron chi connectivity index (χ1n) is 10.8. The monoisotopic (exact) mass is 475 g/mol. The van der Waals surface area contributed by atoms with E-state index in [1.54, 1.807) is 61.9 Å². The summed E-state index contributed by atoms with van der Waals surface area (Å²) in [5.74, 6) is -1.34. The van der Waals surface area contributed by atoms with Crippen molar-refractivity contribution in [3.05, 3.63) is 83.2 Å². The standard InChI is InChI=1S/C26H25N3O6/c1-29-23(15-8-7-11-27-14-15)22(17-12-20(33-2)21(34-3)13-18(17)25(29)31)24(30)28-19-10-6-5-9-16(19)26(32)35-4/h5-14,22-23H,1-4H3,(H,28,30)/t22-,23+/m0/s1. The third kappa shape index (κ3) is 4.28. The molecule has 0 unspecified atom stereocenters. The number of benzene rings is 2. The van der Waals surface area contributed by atoms with E-state index in [0.29, 0.717) is 33.9 Å². The maximum Gasteiger partial charge on any atom is 0.339 e. The van der Waals surface area contributed by atoms with E-state index in [1.165, 1.54) is 26.2 Å². The number of likely N-dealkylation sites (N-methyl/N-ethyl adjacent to an activating group) is 1. The third-order valence-electron chi connectivity index (χ3n) is 6.07. The summed E-state index contributed by atoms with van der Waals surface area (Å²) in [5, 5.41) is 2.87. The fourth-order valence-corrected chi connectivity index (χ4v) is 4.39. The predicted molar refractivity (Wildman–Crippen MR) is 128 cm³/mol. The Hall–Kier alpha value is -4.40. The van der Waals surface area contributed by atoms with Crippen LogP contribution in [0, 0.1) is 0 Å². The first kappa shape index (κ1) is 23.7. The molecule has 9 heteroatoms. The minimum Gasteiger partial charge on any atom is -0.493 e. The molecule has 2 amide bonds. The van der Waals surface area contributed by atoms with E-state index in [-0.39, 0.29) is 11.5 Å². The van der Waals surface area contributed by atoms with Gasteiger partial charge in [0.1, 0.15) is 0 Å². The molecule has 0 spiro atoms. The molecular formula is C26H25N3O6. The van der Waals surface area contributed by atoms with Crippen LogP contribution in [0.1, 0.15) is 43.8 Å². The zero-order valence-corrected chi connectivity index (χ0v) is 19.8. The van der Waals surface area contributed by atoms with Gasteiger partial charge in [0, 0.05) is 25.0 Å². The first-order valence-corrected chi connectivity index (χ1v) is 10.8. The Kier molecular flexibility index (Phi) is 6.68.